The van der Waals surface area contributed by atoms with Crippen molar-refractivity contribution in [1.82, 2.24) is 0 Å². The van der Waals surface area contributed by atoms with Crippen molar-refractivity contribution in [2.24, 2.45) is 0 Å². The first kappa shape index (κ1) is 12.8. The molecule has 0 aliphatic carbocycles. The van der Waals surface area contributed by atoms with Gasteiger partial charge in [-0.3, -0.25) is 0 Å². The second-order valence-electron chi connectivity index (χ2n) is 2.04. The second kappa shape index (κ2) is 3.93. The van der Waals surface area contributed by atoms with E-state index in [0.717, 1.165) is 0 Å². The highest BCUT2D eigenvalue weighted by Crippen LogP contribution is 2.35. The predicted molar refractivity (Wildman–Crippen MR) is 29.4 cm³/mol. The Morgan fingerprint density at radius 2 is 1.43 bits per heavy atom. The number of carbonyl (C=O) groups excluding carboxylic acids is 1. The standard InChI is InChI=1S/C5H4F6O3/c1-13-3(12)14-2(4(6,7)8)5(9,10)11/h2H,1H3. The second-order valence-corrected chi connectivity index (χ2v) is 2.04. The summed E-state index contributed by atoms with van der Waals surface area (Å²) in [6, 6.07) is 0. The van der Waals surface area contributed by atoms with E-state index in [4.69, 9.17) is 0 Å². The Hall–Kier alpha value is -1.15. The maximum Gasteiger partial charge on any atom is 0.508 e. The number of halogens is 6. The van der Waals surface area contributed by atoms with Gasteiger partial charge in [0, 0.05) is 0 Å². The van der Waals surface area contributed by atoms with Crippen LogP contribution >= 0.6 is 0 Å². The van der Waals surface area contributed by atoms with E-state index >= 15 is 0 Å². The maximum absolute atomic E-state index is 11.7. The number of alkyl halides is 6. The van der Waals surface area contributed by atoms with E-state index in [9.17, 15) is 31.1 Å². The molecule has 84 valence electrons. The lowest BCUT2D eigenvalue weighted by Gasteiger charge is -2.21. The normalized spacial score (nSPS) is 12.9. The van der Waals surface area contributed by atoms with E-state index in [1.165, 1.54) is 0 Å². The highest BCUT2D eigenvalue weighted by Gasteiger charge is 2.60. The summed E-state index contributed by atoms with van der Waals surface area (Å²) < 4.78 is 76.5. The fraction of sp³-hybridized carbons (Fsp3) is 0.800. The molecule has 3 nitrogen and oxygen atoms in total. The van der Waals surface area contributed by atoms with Crippen LogP contribution in [0.1, 0.15) is 0 Å². The minimum atomic E-state index is -5.72. The summed E-state index contributed by atoms with van der Waals surface area (Å²) in [5.41, 5.74) is 0. The van der Waals surface area contributed by atoms with E-state index in [2.05, 4.69) is 9.47 Å². The van der Waals surface area contributed by atoms with Gasteiger partial charge in [0.05, 0.1) is 7.11 Å². The fourth-order valence-electron chi connectivity index (χ4n) is 0.464. The smallest absolute Gasteiger partial charge is 0.438 e. The molecule has 0 bridgehead atoms. The third-order valence-electron chi connectivity index (χ3n) is 0.975. The topological polar surface area (TPSA) is 35.5 Å². The van der Waals surface area contributed by atoms with E-state index in [-0.39, 0.29) is 0 Å². The Bertz CT molecular complexity index is 192. The molecule has 0 heterocycles. The average molecular weight is 226 g/mol. The van der Waals surface area contributed by atoms with Gasteiger partial charge in [0.15, 0.2) is 0 Å². The first-order valence-electron chi connectivity index (χ1n) is 2.97. The van der Waals surface area contributed by atoms with Gasteiger partial charge in [-0.15, -0.1) is 0 Å². The van der Waals surface area contributed by atoms with Crippen molar-refractivity contribution in [3.63, 3.8) is 0 Å². The van der Waals surface area contributed by atoms with Crippen LogP contribution in [0.15, 0.2) is 0 Å². The Morgan fingerprint density at radius 3 is 1.64 bits per heavy atom. The first-order valence-corrected chi connectivity index (χ1v) is 2.97. The minimum absolute atomic E-state index is 0.589. The average Bonchev–Trinajstić information content (AvgIpc) is 1.95. The molecule has 0 amide bonds. The van der Waals surface area contributed by atoms with Gasteiger partial charge in [-0.2, -0.15) is 26.3 Å². The van der Waals surface area contributed by atoms with Crippen LogP contribution in [0.3, 0.4) is 0 Å². The molecule has 0 aliphatic rings. The van der Waals surface area contributed by atoms with Gasteiger partial charge in [-0.1, -0.05) is 0 Å². The van der Waals surface area contributed by atoms with Gasteiger partial charge >= 0.3 is 18.5 Å². The molecule has 0 spiro atoms. The van der Waals surface area contributed by atoms with Crippen molar-refractivity contribution in [3.8, 4) is 0 Å². The first-order chi connectivity index (χ1) is 6.09. The van der Waals surface area contributed by atoms with Crippen molar-refractivity contribution >= 4 is 6.16 Å². The van der Waals surface area contributed by atoms with Gasteiger partial charge in [0.1, 0.15) is 0 Å². The summed E-state index contributed by atoms with van der Waals surface area (Å²) in [5.74, 6) is 0. The molecule has 0 aromatic carbocycles. The summed E-state index contributed by atoms with van der Waals surface area (Å²) in [6.45, 7) is 0. The van der Waals surface area contributed by atoms with Crippen LogP contribution < -0.4 is 0 Å². The Morgan fingerprint density at radius 1 is 1.07 bits per heavy atom. The number of rotatable bonds is 1. The van der Waals surface area contributed by atoms with Crippen LogP contribution in [-0.4, -0.2) is 31.7 Å². The quantitative estimate of drug-likeness (QED) is 0.508. The largest absolute Gasteiger partial charge is 0.508 e. The number of carbonyl (C=O) groups is 1. The van der Waals surface area contributed by atoms with Crippen molar-refractivity contribution < 1.29 is 40.6 Å². The summed E-state index contributed by atoms with van der Waals surface area (Å²) in [7, 11) is 0.589. The Kier molecular flexibility index (Phi) is 3.60. The maximum atomic E-state index is 11.7. The summed E-state index contributed by atoms with van der Waals surface area (Å²) in [5, 5.41) is 0. The van der Waals surface area contributed by atoms with Crippen molar-refractivity contribution in [2.75, 3.05) is 7.11 Å². The Labute approximate surface area is 73.6 Å². The zero-order chi connectivity index (χ0) is 11.6. The number of methoxy groups -OCH3 is 1. The minimum Gasteiger partial charge on any atom is -0.438 e. The van der Waals surface area contributed by atoms with E-state index in [1.807, 2.05) is 0 Å². The molecule has 14 heavy (non-hydrogen) atoms. The Balaban J connectivity index is 4.68. The van der Waals surface area contributed by atoms with Gasteiger partial charge < -0.3 is 9.47 Å². The van der Waals surface area contributed by atoms with Crippen LogP contribution in [0, 0.1) is 0 Å². The van der Waals surface area contributed by atoms with E-state index in [1.54, 1.807) is 0 Å². The number of hydrogen-bond acceptors (Lipinski definition) is 3. The zero-order valence-corrected chi connectivity index (χ0v) is 6.57. The third-order valence-corrected chi connectivity index (χ3v) is 0.975. The monoisotopic (exact) mass is 226 g/mol. The summed E-state index contributed by atoms with van der Waals surface area (Å²) in [4.78, 5) is 10.1. The molecular formula is C5H4F6O3. The third kappa shape index (κ3) is 3.71. The molecule has 0 aromatic heterocycles. The molecule has 0 atom stereocenters. The van der Waals surface area contributed by atoms with Crippen LogP contribution in [-0.2, 0) is 9.47 Å². The van der Waals surface area contributed by atoms with Crippen LogP contribution in [0.5, 0.6) is 0 Å². The molecule has 0 saturated carbocycles. The van der Waals surface area contributed by atoms with Crippen molar-refractivity contribution in [2.45, 2.75) is 18.5 Å². The van der Waals surface area contributed by atoms with Gasteiger partial charge in [0.2, 0.25) is 0 Å². The molecular weight excluding hydrogens is 222 g/mol. The number of ether oxygens (including phenoxy) is 2. The van der Waals surface area contributed by atoms with Crippen molar-refractivity contribution in [1.29, 1.82) is 0 Å². The zero-order valence-electron chi connectivity index (χ0n) is 6.57. The lowest BCUT2D eigenvalue weighted by Crippen LogP contribution is -2.45. The molecule has 0 rings (SSSR count). The van der Waals surface area contributed by atoms with Crippen LogP contribution in [0.25, 0.3) is 0 Å². The highest BCUT2D eigenvalue weighted by molar-refractivity contribution is 5.60. The summed E-state index contributed by atoms with van der Waals surface area (Å²) >= 11 is 0. The van der Waals surface area contributed by atoms with Gasteiger partial charge in [-0.05, 0) is 0 Å². The SMILES string of the molecule is COC(=O)OC(C(F)(F)F)C(F)(F)F. The molecule has 0 aromatic rings. The van der Waals surface area contributed by atoms with Crippen molar-refractivity contribution in [3.05, 3.63) is 0 Å². The predicted octanol–water partition coefficient (Wildman–Crippen LogP) is 2.26. The molecule has 0 aliphatic heterocycles. The fourth-order valence-corrected chi connectivity index (χ4v) is 0.464. The molecule has 0 fully saturated rings. The number of hydrogen-bond donors (Lipinski definition) is 0. The van der Waals surface area contributed by atoms with Gasteiger partial charge in [-0.25, -0.2) is 4.79 Å². The molecule has 0 radical (unpaired) electrons. The van der Waals surface area contributed by atoms with E-state index in [0.29, 0.717) is 7.11 Å². The van der Waals surface area contributed by atoms with E-state index < -0.39 is 24.6 Å². The van der Waals surface area contributed by atoms with Gasteiger partial charge in [0.25, 0.3) is 6.10 Å². The lowest BCUT2D eigenvalue weighted by molar-refractivity contribution is -0.310. The molecule has 0 unspecified atom stereocenters. The molecule has 0 saturated heterocycles. The molecule has 9 heteroatoms. The lowest BCUT2D eigenvalue weighted by atomic mass is 10.3. The van der Waals surface area contributed by atoms with Crippen LogP contribution in [0.2, 0.25) is 0 Å². The van der Waals surface area contributed by atoms with Crippen LogP contribution in [0.4, 0.5) is 31.1 Å². The highest BCUT2D eigenvalue weighted by atomic mass is 19.4. The summed E-state index contributed by atoms with van der Waals surface area (Å²) in [6.07, 6.45) is -17.6. The molecule has 0 N–H and O–H groups in total.